The lowest BCUT2D eigenvalue weighted by Crippen LogP contribution is -2.30. The van der Waals surface area contributed by atoms with Gasteiger partial charge in [0.1, 0.15) is 17.4 Å². The van der Waals surface area contributed by atoms with Gasteiger partial charge in [-0.25, -0.2) is 5.06 Å². The van der Waals surface area contributed by atoms with Gasteiger partial charge in [-0.15, -0.1) is 0 Å². The molecule has 3 rings (SSSR count). The number of hydrogen-bond acceptors (Lipinski definition) is 5. The highest BCUT2D eigenvalue weighted by molar-refractivity contribution is 6.00. The van der Waals surface area contributed by atoms with Crippen molar-refractivity contribution in [2.75, 3.05) is 13.2 Å². The number of carbonyl (C=O) groups excluding carboxylic acids is 2. The maximum atomic E-state index is 12.1. The number of nitrogens with zero attached hydrogens (tertiary/aromatic N) is 1. The number of ether oxygens (including phenoxy) is 2. The molecular weight excluding hydrogens is 322 g/mol. The highest BCUT2D eigenvalue weighted by Crippen LogP contribution is 2.35. The lowest BCUT2D eigenvalue weighted by Gasteiger charge is -2.16. The lowest BCUT2D eigenvalue weighted by atomic mass is 9.88. The summed E-state index contributed by atoms with van der Waals surface area (Å²) in [5, 5.41) is 10.3. The molecule has 1 fully saturated rings. The van der Waals surface area contributed by atoms with Crippen LogP contribution in [0.1, 0.15) is 18.4 Å². The summed E-state index contributed by atoms with van der Waals surface area (Å²) in [5.74, 6) is -1.52. The molecule has 0 spiro atoms. The minimum Gasteiger partial charge on any atom is -0.465 e. The largest absolute Gasteiger partial charge is 0.465 e. The topological polar surface area (TPSA) is 76.1 Å². The van der Waals surface area contributed by atoms with Crippen LogP contribution in [-0.2, 0) is 14.3 Å². The fourth-order valence-corrected chi connectivity index (χ4v) is 2.94. The lowest BCUT2D eigenvalue weighted by molar-refractivity contribution is -0.165. The first-order valence-electron chi connectivity index (χ1n) is 8.10. The van der Waals surface area contributed by atoms with Gasteiger partial charge in [0.25, 0.3) is 5.91 Å². The van der Waals surface area contributed by atoms with E-state index in [2.05, 4.69) is 0 Å². The van der Waals surface area contributed by atoms with E-state index in [1.165, 1.54) is 0 Å². The number of benzene rings is 2. The molecule has 25 heavy (non-hydrogen) atoms. The zero-order valence-corrected chi connectivity index (χ0v) is 13.8. The van der Waals surface area contributed by atoms with Crippen molar-refractivity contribution in [3.05, 3.63) is 60.2 Å². The number of para-hydroxylation sites is 1. The van der Waals surface area contributed by atoms with Gasteiger partial charge in [-0.1, -0.05) is 30.3 Å². The van der Waals surface area contributed by atoms with Crippen LogP contribution in [0.2, 0.25) is 0 Å². The van der Waals surface area contributed by atoms with Crippen LogP contribution in [0.4, 0.5) is 0 Å². The van der Waals surface area contributed by atoms with Gasteiger partial charge in [-0.3, -0.25) is 14.8 Å². The van der Waals surface area contributed by atoms with Crippen molar-refractivity contribution in [2.24, 2.45) is 5.92 Å². The van der Waals surface area contributed by atoms with Crippen LogP contribution in [-0.4, -0.2) is 35.3 Å². The minimum atomic E-state index is -1.04. The van der Waals surface area contributed by atoms with Crippen molar-refractivity contribution in [1.29, 1.82) is 0 Å². The SMILES string of the molecule is CCOC(=O)[C@@H]1C(=O)N(O)C[C@@H]1c1cccc(Oc2ccccc2)c1. The first-order chi connectivity index (χ1) is 12.1. The molecule has 1 amide bonds. The Bertz CT molecular complexity index is 761. The number of carbonyl (C=O) groups is 2. The molecule has 0 unspecified atom stereocenters. The molecule has 2 aromatic rings. The van der Waals surface area contributed by atoms with E-state index < -0.39 is 23.7 Å². The summed E-state index contributed by atoms with van der Waals surface area (Å²) in [5.41, 5.74) is 0.733. The summed E-state index contributed by atoms with van der Waals surface area (Å²) in [7, 11) is 0. The predicted molar refractivity (Wildman–Crippen MR) is 89.3 cm³/mol. The Morgan fingerprint density at radius 2 is 1.88 bits per heavy atom. The van der Waals surface area contributed by atoms with Gasteiger partial charge < -0.3 is 9.47 Å². The van der Waals surface area contributed by atoms with Crippen molar-refractivity contribution in [1.82, 2.24) is 5.06 Å². The van der Waals surface area contributed by atoms with Crippen molar-refractivity contribution >= 4 is 11.9 Å². The number of rotatable bonds is 5. The molecule has 6 nitrogen and oxygen atoms in total. The summed E-state index contributed by atoms with van der Waals surface area (Å²) in [6, 6.07) is 16.5. The average molecular weight is 341 g/mol. The Labute approximate surface area is 145 Å². The van der Waals surface area contributed by atoms with Crippen LogP contribution in [0.5, 0.6) is 11.5 Å². The van der Waals surface area contributed by atoms with E-state index in [1.807, 2.05) is 30.3 Å². The molecule has 2 atom stereocenters. The van der Waals surface area contributed by atoms with Gasteiger partial charge in [0.15, 0.2) is 0 Å². The van der Waals surface area contributed by atoms with Gasteiger partial charge >= 0.3 is 5.97 Å². The Morgan fingerprint density at radius 3 is 2.60 bits per heavy atom. The zero-order chi connectivity index (χ0) is 17.8. The number of hydrogen-bond donors (Lipinski definition) is 1. The standard InChI is InChI=1S/C19H19NO5/c1-2-24-19(22)17-16(12-20(23)18(17)21)13-7-6-10-15(11-13)25-14-8-4-3-5-9-14/h3-11,16-17,23H,2,12H2,1H3/t16-,17+/m1/s1. The second kappa shape index (κ2) is 7.36. The van der Waals surface area contributed by atoms with Crippen molar-refractivity contribution in [2.45, 2.75) is 12.8 Å². The van der Waals surface area contributed by atoms with Crippen LogP contribution in [0.15, 0.2) is 54.6 Å². The second-order valence-corrected chi connectivity index (χ2v) is 5.74. The Morgan fingerprint density at radius 1 is 1.16 bits per heavy atom. The third-order valence-electron chi connectivity index (χ3n) is 4.10. The summed E-state index contributed by atoms with van der Waals surface area (Å²) in [4.78, 5) is 24.3. The van der Waals surface area contributed by atoms with E-state index in [4.69, 9.17) is 9.47 Å². The first-order valence-corrected chi connectivity index (χ1v) is 8.10. The van der Waals surface area contributed by atoms with Gasteiger partial charge in [0.05, 0.1) is 13.2 Å². The van der Waals surface area contributed by atoms with Crippen LogP contribution in [0.25, 0.3) is 0 Å². The molecule has 0 bridgehead atoms. The van der Waals surface area contributed by atoms with Crippen molar-refractivity contribution < 1.29 is 24.3 Å². The fraction of sp³-hybridized carbons (Fsp3) is 0.263. The van der Waals surface area contributed by atoms with Crippen molar-refractivity contribution in [3.8, 4) is 11.5 Å². The summed E-state index contributed by atoms with van der Waals surface area (Å²) in [6.45, 7) is 1.90. The maximum absolute atomic E-state index is 12.1. The van der Waals surface area contributed by atoms with Crippen LogP contribution < -0.4 is 4.74 Å². The zero-order valence-electron chi connectivity index (χ0n) is 13.8. The van der Waals surface area contributed by atoms with E-state index in [9.17, 15) is 14.8 Å². The van der Waals surface area contributed by atoms with E-state index in [0.29, 0.717) is 16.6 Å². The van der Waals surface area contributed by atoms with E-state index in [-0.39, 0.29) is 13.2 Å². The third kappa shape index (κ3) is 3.64. The molecule has 0 radical (unpaired) electrons. The smallest absolute Gasteiger partial charge is 0.319 e. The molecule has 1 saturated heterocycles. The highest BCUT2D eigenvalue weighted by Gasteiger charge is 2.46. The molecule has 2 aromatic carbocycles. The summed E-state index contributed by atoms with van der Waals surface area (Å²) in [6.07, 6.45) is 0. The fourth-order valence-electron chi connectivity index (χ4n) is 2.94. The van der Waals surface area contributed by atoms with E-state index >= 15 is 0 Å². The van der Waals surface area contributed by atoms with Crippen LogP contribution in [0.3, 0.4) is 0 Å². The van der Waals surface area contributed by atoms with Crippen molar-refractivity contribution in [3.63, 3.8) is 0 Å². The van der Waals surface area contributed by atoms with Gasteiger partial charge in [0, 0.05) is 5.92 Å². The molecule has 1 heterocycles. The quantitative estimate of drug-likeness (QED) is 0.514. The highest BCUT2D eigenvalue weighted by atomic mass is 16.5. The number of hydroxylamine groups is 2. The summed E-state index contributed by atoms with van der Waals surface area (Å²) >= 11 is 0. The normalized spacial score (nSPS) is 19.8. The molecule has 130 valence electrons. The molecular formula is C19H19NO5. The average Bonchev–Trinajstić information content (AvgIpc) is 2.91. The molecule has 0 aliphatic carbocycles. The molecule has 1 aliphatic heterocycles. The maximum Gasteiger partial charge on any atom is 0.319 e. The third-order valence-corrected chi connectivity index (χ3v) is 4.10. The molecule has 6 heteroatoms. The number of amides is 1. The van der Waals surface area contributed by atoms with E-state index in [0.717, 1.165) is 5.56 Å². The van der Waals surface area contributed by atoms with Gasteiger partial charge in [-0.05, 0) is 36.8 Å². The summed E-state index contributed by atoms with van der Waals surface area (Å²) < 4.78 is 10.8. The van der Waals surface area contributed by atoms with Crippen LogP contribution >= 0.6 is 0 Å². The Balaban J connectivity index is 1.86. The monoisotopic (exact) mass is 341 g/mol. The Hall–Kier alpha value is -2.86. The number of esters is 1. The minimum absolute atomic E-state index is 0.0388. The molecule has 0 aromatic heterocycles. The van der Waals surface area contributed by atoms with Gasteiger partial charge in [0.2, 0.25) is 0 Å². The second-order valence-electron chi connectivity index (χ2n) is 5.74. The Kier molecular flexibility index (Phi) is 5.00. The first kappa shape index (κ1) is 17.0. The predicted octanol–water partition coefficient (Wildman–Crippen LogP) is 2.97. The molecule has 1 aliphatic rings. The van der Waals surface area contributed by atoms with Crippen LogP contribution in [0, 0.1) is 5.92 Å². The van der Waals surface area contributed by atoms with E-state index in [1.54, 1.807) is 31.2 Å². The molecule has 0 saturated carbocycles. The van der Waals surface area contributed by atoms with Gasteiger partial charge in [-0.2, -0.15) is 0 Å². The molecule has 1 N–H and O–H groups in total.